The molecule has 0 unspecified atom stereocenters. The van der Waals surface area contributed by atoms with Crippen LogP contribution in [0.3, 0.4) is 0 Å². The number of amides is 2. The predicted octanol–water partition coefficient (Wildman–Crippen LogP) is 5.00. The molecule has 0 aliphatic heterocycles. The molecule has 41 heavy (non-hydrogen) atoms. The van der Waals surface area contributed by atoms with Gasteiger partial charge in [0.25, 0.3) is 10.0 Å². The maximum Gasteiger partial charge on any atom is 0.264 e. The zero-order valence-electron chi connectivity index (χ0n) is 23.9. The first-order valence-corrected chi connectivity index (χ1v) is 15.1. The topological polar surface area (TPSA) is 96.0 Å². The first-order chi connectivity index (χ1) is 19.6. The van der Waals surface area contributed by atoms with Gasteiger partial charge in [0.1, 0.15) is 24.2 Å². The Morgan fingerprint density at radius 2 is 1.56 bits per heavy atom. The number of ether oxygens (including phenoxy) is 1. The third-order valence-electron chi connectivity index (χ3n) is 6.38. The fraction of sp³-hybridized carbons (Fsp3) is 0.355. The molecule has 1 N–H and O–H groups in total. The number of benzene rings is 3. The Morgan fingerprint density at radius 1 is 0.927 bits per heavy atom. The van der Waals surface area contributed by atoms with Gasteiger partial charge >= 0.3 is 0 Å². The van der Waals surface area contributed by atoms with Crippen LogP contribution in [0.4, 0.5) is 10.1 Å². The summed E-state index contributed by atoms with van der Waals surface area (Å²) in [7, 11) is -4.29. The quantitative estimate of drug-likeness (QED) is 0.288. The van der Waals surface area contributed by atoms with Crippen molar-refractivity contribution in [1.82, 2.24) is 10.2 Å². The van der Waals surface area contributed by atoms with Crippen molar-refractivity contribution in [1.29, 1.82) is 0 Å². The van der Waals surface area contributed by atoms with E-state index in [0.717, 1.165) is 34.1 Å². The van der Waals surface area contributed by atoms with E-state index in [-0.39, 0.29) is 29.0 Å². The molecular weight excluding hydrogens is 545 g/mol. The number of rotatable bonds is 14. The molecule has 0 saturated carbocycles. The lowest BCUT2D eigenvalue weighted by atomic mass is 10.1. The van der Waals surface area contributed by atoms with E-state index in [4.69, 9.17) is 4.74 Å². The molecule has 1 atom stereocenters. The van der Waals surface area contributed by atoms with Gasteiger partial charge in [-0.05, 0) is 73.4 Å². The van der Waals surface area contributed by atoms with Crippen LogP contribution in [0.1, 0.15) is 39.7 Å². The fourth-order valence-corrected chi connectivity index (χ4v) is 5.67. The molecule has 3 rings (SSSR count). The van der Waals surface area contributed by atoms with Crippen LogP contribution in [0.15, 0.2) is 83.8 Å². The van der Waals surface area contributed by atoms with Gasteiger partial charge in [-0.3, -0.25) is 13.9 Å². The Bertz CT molecular complexity index is 1380. The highest BCUT2D eigenvalue weighted by Crippen LogP contribution is 2.27. The maximum absolute atomic E-state index is 14.0. The van der Waals surface area contributed by atoms with Gasteiger partial charge in [0.15, 0.2) is 0 Å². The summed E-state index contributed by atoms with van der Waals surface area (Å²) in [6, 6.07) is 19.2. The monoisotopic (exact) mass is 583 g/mol. The molecule has 3 aromatic carbocycles. The molecule has 0 spiro atoms. The summed E-state index contributed by atoms with van der Waals surface area (Å²) in [5.41, 5.74) is 1.02. The van der Waals surface area contributed by atoms with Crippen molar-refractivity contribution in [2.45, 2.75) is 51.6 Å². The molecule has 0 heterocycles. The lowest BCUT2D eigenvalue weighted by Crippen LogP contribution is -2.52. The second-order valence-electron chi connectivity index (χ2n) is 9.96. The summed E-state index contributed by atoms with van der Waals surface area (Å²) in [6.07, 6.45) is 0.330. The number of hydrogen-bond donors (Lipinski definition) is 1. The molecule has 220 valence electrons. The smallest absolute Gasteiger partial charge is 0.264 e. The average Bonchev–Trinajstić information content (AvgIpc) is 2.96. The van der Waals surface area contributed by atoms with Gasteiger partial charge in [-0.2, -0.15) is 0 Å². The molecule has 0 saturated heterocycles. The number of carbonyl (C=O) groups excluding carboxylic acids is 2. The summed E-state index contributed by atoms with van der Waals surface area (Å²) in [6.45, 7) is 8.01. The van der Waals surface area contributed by atoms with Crippen LogP contribution in [-0.4, -0.2) is 50.9 Å². The number of halogens is 1. The molecular formula is C31H38FN3O5S. The minimum atomic E-state index is -4.29. The summed E-state index contributed by atoms with van der Waals surface area (Å²) in [5.74, 6) is -0.689. The van der Waals surface area contributed by atoms with Gasteiger partial charge in [0.05, 0.1) is 17.2 Å². The van der Waals surface area contributed by atoms with Crippen LogP contribution >= 0.6 is 0 Å². The van der Waals surface area contributed by atoms with Gasteiger partial charge in [-0.15, -0.1) is 0 Å². The molecule has 0 aliphatic rings. The van der Waals surface area contributed by atoms with Gasteiger partial charge < -0.3 is 15.0 Å². The second kappa shape index (κ2) is 14.6. The largest absolute Gasteiger partial charge is 0.494 e. The summed E-state index contributed by atoms with van der Waals surface area (Å²) in [4.78, 5) is 28.5. The molecule has 0 aromatic heterocycles. The molecule has 8 nitrogen and oxygen atoms in total. The second-order valence-corrected chi connectivity index (χ2v) is 11.8. The fourth-order valence-electron chi connectivity index (χ4n) is 4.26. The molecule has 0 aliphatic carbocycles. The van der Waals surface area contributed by atoms with Crippen molar-refractivity contribution in [2.24, 2.45) is 5.92 Å². The van der Waals surface area contributed by atoms with E-state index in [1.54, 1.807) is 24.3 Å². The highest BCUT2D eigenvalue weighted by Gasteiger charge is 2.33. The number of anilines is 1. The molecule has 0 bridgehead atoms. The molecule has 3 aromatic rings. The SMILES string of the molecule is CCOc1ccc(N(CC(=O)N(Cc2ccccc2)[C@H](CC)C(=O)NCC(C)C)S(=O)(=O)c2ccc(F)cc2)cc1. The Kier molecular flexibility index (Phi) is 11.3. The molecule has 2 amide bonds. The Labute approximate surface area is 242 Å². The van der Waals surface area contributed by atoms with E-state index >= 15 is 0 Å². The highest BCUT2D eigenvalue weighted by molar-refractivity contribution is 7.92. The van der Waals surface area contributed by atoms with Gasteiger partial charge in [-0.25, -0.2) is 12.8 Å². The van der Waals surface area contributed by atoms with Crippen molar-refractivity contribution in [3.05, 3.63) is 90.2 Å². The van der Waals surface area contributed by atoms with Crippen LogP contribution in [-0.2, 0) is 26.2 Å². The maximum atomic E-state index is 14.0. The Balaban J connectivity index is 2.03. The van der Waals surface area contributed by atoms with E-state index in [0.29, 0.717) is 25.3 Å². The minimum absolute atomic E-state index is 0.112. The highest BCUT2D eigenvalue weighted by atomic mass is 32.2. The molecule has 0 fully saturated rings. The van der Waals surface area contributed by atoms with Gasteiger partial charge in [0, 0.05) is 13.1 Å². The van der Waals surface area contributed by atoms with E-state index < -0.39 is 34.3 Å². The van der Waals surface area contributed by atoms with Gasteiger partial charge in [-0.1, -0.05) is 51.1 Å². The van der Waals surface area contributed by atoms with Crippen molar-refractivity contribution in [3.8, 4) is 5.75 Å². The van der Waals surface area contributed by atoms with Crippen LogP contribution in [0.5, 0.6) is 5.75 Å². The standard InChI is InChI=1S/C31H38FN3O5S/c1-5-29(31(37)33-20-23(3)4)34(21-24-10-8-7-9-11-24)30(36)22-35(26-14-16-27(17-15-26)40-6-2)41(38,39)28-18-12-25(32)13-19-28/h7-19,23,29H,5-6,20-22H2,1-4H3,(H,33,37)/t29-/m1/s1. The Morgan fingerprint density at radius 3 is 2.12 bits per heavy atom. The number of nitrogens with zero attached hydrogens (tertiary/aromatic N) is 2. The number of sulfonamides is 1. The lowest BCUT2D eigenvalue weighted by molar-refractivity contribution is -0.140. The van der Waals surface area contributed by atoms with Crippen LogP contribution in [0, 0.1) is 11.7 Å². The summed E-state index contributed by atoms with van der Waals surface area (Å²) >= 11 is 0. The first kappa shape index (κ1) is 31.6. The van der Waals surface area contributed by atoms with Crippen LogP contribution in [0.25, 0.3) is 0 Å². The summed E-state index contributed by atoms with van der Waals surface area (Å²) in [5, 5.41) is 2.90. The van der Waals surface area contributed by atoms with E-state index in [9.17, 15) is 22.4 Å². The van der Waals surface area contributed by atoms with E-state index in [2.05, 4.69) is 5.32 Å². The van der Waals surface area contributed by atoms with Crippen molar-refractivity contribution in [3.63, 3.8) is 0 Å². The third-order valence-corrected chi connectivity index (χ3v) is 8.17. The minimum Gasteiger partial charge on any atom is -0.494 e. The number of nitrogens with one attached hydrogen (secondary N) is 1. The molecule has 10 heteroatoms. The van der Waals surface area contributed by atoms with Crippen molar-refractivity contribution >= 4 is 27.5 Å². The first-order valence-electron chi connectivity index (χ1n) is 13.7. The zero-order chi connectivity index (χ0) is 30.0. The van der Waals surface area contributed by atoms with E-state index in [1.165, 1.54) is 4.90 Å². The van der Waals surface area contributed by atoms with Gasteiger partial charge in [0.2, 0.25) is 11.8 Å². The average molecular weight is 584 g/mol. The zero-order valence-corrected chi connectivity index (χ0v) is 24.7. The van der Waals surface area contributed by atoms with Crippen LogP contribution in [0.2, 0.25) is 0 Å². The predicted molar refractivity (Wildman–Crippen MR) is 157 cm³/mol. The Hall–Kier alpha value is -3.92. The molecule has 0 radical (unpaired) electrons. The van der Waals surface area contributed by atoms with Crippen molar-refractivity contribution < 1.29 is 27.1 Å². The van der Waals surface area contributed by atoms with E-state index in [1.807, 2.05) is 58.0 Å². The third kappa shape index (κ3) is 8.53. The van der Waals surface area contributed by atoms with Crippen LogP contribution < -0.4 is 14.4 Å². The normalized spacial score (nSPS) is 12.0. The number of carbonyl (C=O) groups is 2. The summed E-state index contributed by atoms with van der Waals surface area (Å²) < 4.78 is 47.8. The number of hydrogen-bond acceptors (Lipinski definition) is 5. The lowest BCUT2D eigenvalue weighted by Gasteiger charge is -2.33. The van der Waals surface area contributed by atoms with Crippen molar-refractivity contribution in [2.75, 3.05) is 24.0 Å².